The van der Waals surface area contributed by atoms with Gasteiger partial charge in [0.15, 0.2) is 5.78 Å². The standard InChI is InChI=1S/C16H25NO3/c1-12(2)8-6-4-5-7-9-17-11-14(13(3)18)10-15(17)16(19)20/h10-12H,4-9H2,1-3H3,(H,19,20). The van der Waals surface area contributed by atoms with E-state index < -0.39 is 5.97 Å². The molecule has 0 saturated carbocycles. The van der Waals surface area contributed by atoms with Crippen molar-refractivity contribution in [2.75, 3.05) is 0 Å². The molecule has 4 heteroatoms. The number of hydrogen-bond acceptors (Lipinski definition) is 2. The second-order valence-corrected chi connectivity index (χ2v) is 5.77. The summed E-state index contributed by atoms with van der Waals surface area (Å²) in [6.45, 7) is 6.57. The summed E-state index contributed by atoms with van der Waals surface area (Å²) < 4.78 is 1.68. The Balaban J connectivity index is 2.46. The monoisotopic (exact) mass is 279 g/mol. The van der Waals surface area contributed by atoms with E-state index in [2.05, 4.69) is 13.8 Å². The highest BCUT2D eigenvalue weighted by Crippen LogP contribution is 2.13. The molecule has 112 valence electrons. The molecule has 0 radical (unpaired) electrons. The summed E-state index contributed by atoms with van der Waals surface area (Å²) in [6, 6.07) is 1.46. The number of carboxylic acid groups (broad SMARTS) is 1. The Labute approximate surface area is 120 Å². The fraction of sp³-hybridized carbons (Fsp3) is 0.625. The Hall–Kier alpha value is -1.58. The summed E-state index contributed by atoms with van der Waals surface area (Å²) >= 11 is 0. The van der Waals surface area contributed by atoms with Gasteiger partial charge in [-0.2, -0.15) is 0 Å². The van der Waals surface area contributed by atoms with E-state index in [1.54, 1.807) is 10.8 Å². The number of nitrogens with zero attached hydrogens (tertiary/aromatic N) is 1. The fourth-order valence-corrected chi connectivity index (χ4v) is 2.26. The number of carboxylic acids is 1. The Morgan fingerprint density at radius 3 is 2.40 bits per heavy atom. The Bertz CT molecular complexity index is 460. The number of aryl methyl sites for hydroxylation is 1. The minimum atomic E-state index is -0.975. The van der Waals surface area contributed by atoms with Gasteiger partial charge in [-0.1, -0.05) is 39.5 Å². The Morgan fingerprint density at radius 2 is 1.85 bits per heavy atom. The molecule has 0 fully saturated rings. The minimum Gasteiger partial charge on any atom is -0.477 e. The van der Waals surface area contributed by atoms with Crippen molar-refractivity contribution in [1.29, 1.82) is 0 Å². The lowest BCUT2D eigenvalue weighted by Crippen LogP contribution is -2.07. The van der Waals surface area contributed by atoms with E-state index in [1.165, 1.54) is 32.3 Å². The van der Waals surface area contributed by atoms with Crippen LogP contribution in [0.4, 0.5) is 0 Å². The zero-order valence-electron chi connectivity index (χ0n) is 12.7. The van der Waals surface area contributed by atoms with Crippen LogP contribution in [-0.4, -0.2) is 21.4 Å². The van der Waals surface area contributed by atoms with Crippen LogP contribution < -0.4 is 0 Å². The van der Waals surface area contributed by atoms with Gasteiger partial charge in [0.05, 0.1) is 0 Å². The van der Waals surface area contributed by atoms with E-state index >= 15 is 0 Å². The molecule has 1 N–H and O–H groups in total. The van der Waals surface area contributed by atoms with E-state index in [4.69, 9.17) is 5.11 Å². The number of ketones is 1. The number of carbonyl (C=O) groups excluding carboxylic acids is 1. The van der Waals surface area contributed by atoms with Crippen LogP contribution in [0.1, 0.15) is 73.7 Å². The first-order chi connectivity index (χ1) is 9.41. The molecule has 4 nitrogen and oxygen atoms in total. The van der Waals surface area contributed by atoms with Gasteiger partial charge in [-0.25, -0.2) is 4.79 Å². The predicted molar refractivity (Wildman–Crippen MR) is 79.3 cm³/mol. The van der Waals surface area contributed by atoms with Crippen molar-refractivity contribution < 1.29 is 14.7 Å². The predicted octanol–water partition coefficient (Wildman–Crippen LogP) is 4.00. The molecule has 0 atom stereocenters. The number of rotatable bonds is 9. The maximum Gasteiger partial charge on any atom is 0.352 e. The van der Waals surface area contributed by atoms with Gasteiger partial charge in [-0.05, 0) is 25.3 Å². The van der Waals surface area contributed by atoms with Crippen molar-refractivity contribution in [3.8, 4) is 0 Å². The lowest BCUT2D eigenvalue weighted by atomic mass is 10.0. The zero-order valence-corrected chi connectivity index (χ0v) is 12.7. The number of unbranched alkanes of at least 4 members (excludes halogenated alkanes) is 3. The molecule has 0 aromatic carbocycles. The summed E-state index contributed by atoms with van der Waals surface area (Å²) in [6.07, 6.45) is 7.36. The number of aromatic nitrogens is 1. The van der Waals surface area contributed by atoms with Crippen LogP contribution in [-0.2, 0) is 6.54 Å². The minimum absolute atomic E-state index is 0.0943. The Morgan fingerprint density at radius 1 is 1.20 bits per heavy atom. The van der Waals surface area contributed by atoms with E-state index in [0.717, 1.165) is 18.8 Å². The van der Waals surface area contributed by atoms with Crippen molar-refractivity contribution in [2.45, 2.75) is 59.4 Å². The third kappa shape index (κ3) is 5.19. The molecule has 0 aliphatic rings. The molecule has 0 bridgehead atoms. The molecule has 1 aromatic heterocycles. The van der Waals surface area contributed by atoms with Crippen LogP contribution in [0.2, 0.25) is 0 Å². The lowest BCUT2D eigenvalue weighted by Gasteiger charge is -2.07. The normalized spacial score (nSPS) is 11.0. The second kappa shape index (κ2) is 7.88. The van der Waals surface area contributed by atoms with E-state index in [-0.39, 0.29) is 11.5 Å². The van der Waals surface area contributed by atoms with Crippen LogP contribution in [0.5, 0.6) is 0 Å². The van der Waals surface area contributed by atoms with E-state index in [1.807, 2.05) is 0 Å². The largest absolute Gasteiger partial charge is 0.477 e. The van der Waals surface area contributed by atoms with E-state index in [0.29, 0.717) is 12.1 Å². The van der Waals surface area contributed by atoms with Gasteiger partial charge in [0.2, 0.25) is 0 Å². The highest BCUT2D eigenvalue weighted by atomic mass is 16.4. The smallest absolute Gasteiger partial charge is 0.352 e. The number of carbonyl (C=O) groups is 2. The van der Waals surface area contributed by atoms with Gasteiger partial charge in [-0.15, -0.1) is 0 Å². The first-order valence-electron chi connectivity index (χ1n) is 7.36. The van der Waals surface area contributed by atoms with Crippen molar-refractivity contribution >= 4 is 11.8 Å². The van der Waals surface area contributed by atoms with Crippen molar-refractivity contribution in [3.05, 3.63) is 23.5 Å². The van der Waals surface area contributed by atoms with Gasteiger partial charge in [0.1, 0.15) is 5.69 Å². The average molecular weight is 279 g/mol. The van der Waals surface area contributed by atoms with Crippen LogP contribution in [0.15, 0.2) is 12.3 Å². The summed E-state index contributed by atoms with van der Waals surface area (Å²) in [5.41, 5.74) is 0.680. The first kappa shape index (κ1) is 16.5. The van der Waals surface area contributed by atoms with Gasteiger partial charge in [-0.3, -0.25) is 4.79 Å². The first-order valence-corrected chi connectivity index (χ1v) is 7.36. The maximum absolute atomic E-state index is 11.3. The molecule has 1 aromatic rings. The molecule has 20 heavy (non-hydrogen) atoms. The summed E-state index contributed by atoms with van der Waals surface area (Å²) in [5, 5.41) is 9.13. The van der Waals surface area contributed by atoms with Crippen molar-refractivity contribution in [3.63, 3.8) is 0 Å². The van der Waals surface area contributed by atoms with E-state index in [9.17, 15) is 9.59 Å². The molecular weight excluding hydrogens is 254 g/mol. The lowest BCUT2D eigenvalue weighted by molar-refractivity contribution is 0.0684. The third-order valence-corrected chi connectivity index (χ3v) is 3.45. The quantitative estimate of drug-likeness (QED) is 0.549. The van der Waals surface area contributed by atoms with Gasteiger partial charge in [0.25, 0.3) is 0 Å². The van der Waals surface area contributed by atoms with Crippen LogP contribution in [0, 0.1) is 5.92 Å². The highest BCUT2D eigenvalue weighted by molar-refractivity contribution is 5.97. The Kier molecular flexibility index (Phi) is 6.49. The van der Waals surface area contributed by atoms with Crippen LogP contribution in [0.3, 0.4) is 0 Å². The average Bonchev–Trinajstić information content (AvgIpc) is 2.77. The van der Waals surface area contributed by atoms with Crippen LogP contribution in [0.25, 0.3) is 0 Å². The van der Waals surface area contributed by atoms with Crippen molar-refractivity contribution in [2.24, 2.45) is 5.92 Å². The topological polar surface area (TPSA) is 59.3 Å². The molecule has 1 heterocycles. The number of Topliss-reactive ketones (excluding diaryl/α,β-unsaturated/α-hetero) is 1. The van der Waals surface area contributed by atoms with Gasteiger partial charge >= 0.3 is 5.97 Å². The molecule has 0 unspecified atom stereocenters. The molecule has 0 spiro atoms. The zero-order chi connectivity index (χ0) is 15.1. The summed E-state index contributed by atoms with van der Waals surface area (Å²) in [4.78, 5) is 22.4. The van der Waals surface area contributed by atoms with Gasteiger partial charge in [0, 0.05) is 18.3 Å². The molecular formula is C16H25NO3. The summed E-state index contributed by atoms with van der Waals surface area (Å²) in [5.74, 6) is -0.323. The van der Waals surface area contributed by atoms with Gasteiger partial charge < -0.3 is 9.67 Å². The molecule has 0 amide bonds. The maximum atomic E-state index is 11.3. The molecule has 0 aliphatic carbocycles. The molecule has 0 saturated heterocycles. The van der Waals surface area contributed by atoms with Crippen LogP contribution >= 0.6 is 0 Å². The molecule has 1 rings (SSSR count). The summed E-state index contributed by atoms with van der Waals surface area (Å²) in [7, 11) is 0. The number of hydrogen-bond donors (Lipinski definition) is 1. The third-order valence-electron chi connectivity index (χ3n) is 3.45. The highest BCUT2D eigenvalue weighted by Gasteiger charge is 2.14. The fourth-order valence-electron chi connectivity index (χ4n) is 2.26. The molecule has 0 aliphatic heterocycles. The van der Waals surface area contributed by atoms with Crippen molar-refractivity contribution in [1.82, 2.24) is 4.57 Å². The SMILES string of the molecule is CC(=O)c1cc(C(=O)O)n(CCCCCCC(C)C)c1. The second-order valence-electron chi connectivity index (χ2n) is 5.77. The number of aromatic carboxylic acids is 1.